The Labute approximate surface area is 264 Å². The van der Waals surface area contributed by atoms with Crippen molar-refractivity contribution in [1.29, 1.82) is 0 Å². The number of hydrogen-bond donors (Lipinski definition) is 0. The number of pyridine rings is 1. The molecule has 7 aromatic rings. The Kier molecular flexibility index (Phi) is 7.44. The van der Waals surface area contributed by atoms with E-state index in [9.17, 15) is 0 Å². The first-order valence-corrected chi connectivity index (χ1v) is 13.6. The van der Waals surface area contributed by atoms with Crippen LogP contribution in [0.2, 0.25) is 0 Å². The fraction of sp³-hybridized carbons (Fsp3) is 0.0833. The smallest absolute Gasteiger partial charge is 0.510 e. The topological polar surface area (TPSA) is 49.2 Å². The molecule has 0 N–H and O–H groups in total. The van der Waals surface area contributed by atoms with Crippen LogP contribution >= 0.6 is 0 Å². The van der Waals surface area contributed by atoms with E-state index in [1.54, 1.807) is 23.0 Å². The van der Waals surface area contributed by atoms with Gasteiger partial charge >= 0.3 is 21.1 Å². The van der Waals surface area contributed by atoms with Crippen molar-refractivity contribution >= 4 is 27.5 Å². The van der Waals surface area contributed by atoms with Crippen molar-refractivity contribution in [3.8, 4) is 34.1 Å². The zero-order valence-electron chi connectivity index (χ0n) is 23.7. The summed E-state index contributed by atoms with van der Waals surface area (Å²) in [6, 6.07) is 33.0. The van der Waals surface area contributed by atoms with Gasteiger partial charge in [0.25, 0.3) is 0 Å². The maximum absolute atomic E-state index is 7.57. The van der Waals surface area contributed by atoms with Gasteiger partial charge in [-0.25, -0.2) is 4.98 Å². The van der Waals surface area contributed by atoms with Gasteiger partial charge in [-0.1, -0.05) is 41.5 Å². The molecule has 0 unspecified atom stereocenters. The van der Waals surface area contributed by atoms with E-state index in [0.29, 0.717) is 22.9 Å². The Bertz CT molecular complexity index is 2150. The Balaban J connectivity index is 0.00000329. The van der Waals surface area contributed by atoms with Crippen LogP contribution in [0.4, 0.5) is 5.69 Å². The molecule has 0 aliphatic carbocycles. The average Bonchev–Trinajstić information content (AvgIpc) is 3.63. The van der Waals surface area contributed by atoms with Gasteiger partial charge in [-0.2, -0.15) is 11.2 Å². The van der Waals surface area contributed by atoms with Crippen molar-refractivity contribution in [2.75, 3.05) is 0 Å². The van der Waals surface area contributed by atoms with Gasteiger partial charge in [-0.05, 0) is 78.2 Å². The second-order valence-corrected chi connectivity index (χ2v) is 10.4. The van der Waals surface area contributed by atoms with Gasteiger partial charge in [0.2, 0.25) is 0 Å². The molecule has 0 radical (unpaired) electrons. The summed E-state index contributed by atoms with van der Waals surface area (Å²) in [5.41, 5.74) is 8.94. The summed E-state index contributed by atoms with van der Waals surface area (Å²) in [6.45, 7) is 13.9. The zero-order chi connectivity index (χ0) is 28.8. The zero-order valence-corrected chi connectivity index (χ0v) is 26.0. The van der Waals surface area contributed by atoms with Crippen molar-refractivity contribution in [2.45, 2.75) is 20.8 Å². The number of ether oxygens (including phenoxy) is 1. The summed E-state index contributed by atoms with van der Waals surface area (Å²) in [6.07, 6.45) is 5.33. The van der Waals surface area contributed by atoms with Crippen LogP contribution in [0.15, 0.2) is 97.5 Å². The number of aryl methyl sites for hydroxylation is 3. The van der Waals surface area contributed by atoms with E-state index in [2.05, 4.69) is 95.9 Å². The predicted molar refractivity (Wildman–Crippen MR) is 166 cm³/mol. The quantitative estimate of drug-likeness (QED) is 0.166. The molecule has 0 spiro atoms. The molecular weight excluding hydrogens is 714 g/mol. The minimum atomic E-state index is 0. The largest absolute Gasteiger partial charge is 2.00 e. The molecule has 3 heterocycles. The van der Waals surface area contributed by atoms with Crippen LogP contribution in [0.25, 0.3) is 49.3 Å². The molecule has 7 heteroatoms. The second-order valence-electron chi connectivity index (χ2n) is 10.4. The molecule has 0 bridgehead atoms. The third-order valence-electron chi connectivity index (χ3n) is 7.47. The van der Waals surface area contributed by atoms with Gasteiger partial charge in [0.1, 0.15) is 5.82 Å². The normalized spacial score (nSPS) is 10.9. The van der Waals surface area contributed by atoms with E-state index in [4.69, 9.17) is 16.3 Å². The summed E-state index contributed by atoms with van der Waals surface area (Å²) in [7, 11) is 0. The van der Waals surface area contributed by atoms with E-state index in [0.717, 1.165) is 38.8 Å². The van der Waals surface area contributed by atoms with Crippen LogP contribution in [-0.4, -0.2) is 19.3 Å². The summed E-state index contributed by atoms with van der Waals surface area (Å²) in [5.74, 6) is 1.74. The number of hydrogen-bond acceptors (Lipinski definition) is 3. The summed E-state index contributed by atoms with van der Waals surface area (Å²) < 4.78 is 10.1. The number of fused-ring (bicyclic) bond motifs is 3. The first-order chi connectivity index (χ1) is 20.5. The Morgan fingerprint density at radius 1 is 0.814 bits per heavy atom. The minimum Gasteiger partial charge on any atom is -0.510 e. The van der Waals surface area contributed by atoms with Crippen molar-refractivity contribution in [2.24, 2.45) is 0 Å². The molecule has 0 atom stereocenters. The van der Waals surface area contributed by atoms with Crippen LogP contribution in [0, 0.1) is 39.5 Å². The van der Waals surface area contributed by atoms with Crippen LogP contribution in [0.5, 0.6) is 11.5 Å². The van der Waals surface area contributed by atoms with Crippen molar-refractivity contribution in [3.05, 3.63) is 138 Å². The predicted octanol–water partition coefficient (Wildman–Crippen LogP) is 8.90. The maximum atomic E-state index is 7.57. The molecule has 6 nitrogen and oxygen atoms in total. The Morgan fingerprint density at radius 2 is 1.63 bits per heavy atom. The van der Waals surface area contributed by atoms with Crippen molar-refractivity contribution < 1.29 is 25.8 Å². The molecule has 0 saturated heterocycles. The first-order valence-electron chi connectivity index (χ1n) is 13.6. The molecule has 7 rings (SSSR count). The standard InChI is InChI=1S/C36H25N5O.Pt/c1-23-13-15-38-35(17-23)41-33-18-26(36-24(2)7-5-8-25(36)3)9-11-31(33)32-12-10-29(22-34(32)41)42-30-20-27(37-4)19-28(21-30)40-16-6-14-39-40;/h5-20H,1-3H3;/q-2;+2. The molecule has 0 saturated carbocycles. The van der Waals surface area contributed by atoms with Gasteiger partial charge in [0.15, 0.2) is 0 Å². The van der Waals surface area contributed by atoms with Crippen molar-refractivity contribution in [1.82, 2.24) is 19.3 Å². The van der Waals surface area contributed by atoms with E-state index in [1.165, 1.54) is 16.7 Å². The van der Waals surface area contributed by atoms with Gasteiger partial charge in [-0.3, -0.25) is 9.53 Å². The maximum Gasteiger partial charge on any atom is 2.00 e. The molecule has 210 valence electrons. The van der Waals surface area contributed by atoms with E-state index >= 15 is 0 Å². The minimum absolute atomic E-state index is 0. The molecular formula is C36H25N5OPt. The SMILES string of the molecule is [C-]#[N+]c1cc(Oc2[c-]c3c(cc2)c2ccc(-c4c(C)cccc4C)cc2n3-c2cc(C)ccn2)[c-]c(-n2cccn2)c1.[Pt+2]. The van der Waals surface area contributed by atoms with E-state index in [1.807, 2.05) is 30.6 Å². The van der Waals surface area contributed by atoms with Gasteiger partial charge in [0.05, 0.1) is 12.3 Å². The molecule has 4 aromatic carbocycles. The number of aromatic nitrogens is 4. The Morgan fingerprint density at radius 3 is 2.37 bits per heavy atom. The second kappa shape index (κ2) is 11.4. The van der Waals surface area contributed by atoms with Gasteiger partial charge in [0, 0.05) is 35.6 Å². The van der Waals surface area contributed by atoms with Gasteiger partial charge < -0.3 is 9.30 Å². The third kappa shape index (κ3) is 5.14. The Hall–Kier alpha value is -4.98. The van der Waals surface area contributed by atoms with E-state index < -0.39 is 0 Å². The molecule has 3 aromatic heterocycles. The van der Waals surface area contributed by atoms with Crippen LogP contribution < -0.4 is 4.74 Å². The number of benzene rings is 4. The van der Waals surface area contributed by atoms with Crippen LogP contribution in [0.1, 0.15) is 16.7 Å². The first kappa shape index (κ1) is 28.2. The average molecular weight is 739 g/mol. The van der Waals surface area contributed by atoms with Gasteiger partial charge in [-0.15, -0.1) is 35.7 Å². The third-order valence-corrected chi connectivity index (χ3v) is 7.47. The van der Waals surface area contributed by atoms with Crippen LogP contribution in [0.3, 0.4) is 0 Å². The number of rotatable bonds is 5. The molecule has 43 heavy (non-hydrogen) atoms. The summed E-state index contributed by atoms with van der Waals surface area (Å²) in [4.78, 5) is 8.37. The fourth-order valence-corrected chi connectivity index (χ4v) is 5.57. The summed E-state index contributed by atoms with van der Waals surface area (Å²) >= 11 is 0. The monoisotopic (exact) mass is 738 g/mol. The molecule has 0 amide bonds. The van der Waals surface area contributed by atoms with Crippen molar-refractivity contribution in [3.63, 3.8) is 0 Å². The van der Waals surface area contributed by atoms with Crippen LogP contribution in [-0.2, 0) is 21.1 Å². The fourth-order valence-electron chi connectivity index (χ4n) is 5.57. The number of nitrogens with zero attached hydrogens (tertiary/aromatic N) is 5. The van der Waals surface area contributed by atoms with E-state index in [-0.39, 0.29) is 21.1 Å². The molecule has 0 aliphatic heterocycles. The molecule has 0 fully saturated rings. The summed E-state index contributed by atoms with van der Waals surface area (Å²) in [5, 5.41) is 6.43. The molecule has 0 aliphatic rings.